The smallest absolute Gasteiger partial charge is 0.122 e. The van der Waals surface area contributed by atoms with E-state index in [1.54, 1.807) is 0 Å². The number of hydrogen-bond acceptors (Lipinski definition) is 1. The van der Waals surface area contributed by atoms with Crippen molar-refractivity contribution in [1.29, 1.82) is 0 Å². The van der Waals surface area contributed by atoms with Crippen LogP contribution in [0.2, 0.25) is 0 Å². The average molecular weight is 223 g/mol. The highest BCUT2D eigenvalue weighted by Crippen LogP contribution is 2.28. The number of fused-ring (bicyclic) bond motifs is 1. The molecule has 1 aliphatic rings. The van der Waals surface area contributed by atoms with Crippen molar-refractivity contribution >= 4 is 17.2 Å². The summed E-state index contributed by atoms with van der Waals surface area (Å²) in [6, 6.07) is 6.41. The van der Waals surface area contributed by atoms with Crippen molar-refractivity contribution < 1.29 is 4.74 Å². The van der Waals surface area contributed by atoms with Crippen LogP contribution < -0.4 is 4.74 Å². The first-order chi connectivity index (χ1) is 7.31. The standard InChI is InChI=1S/C13H15ClO/c1-10(3-2-7-14)11-4-5-13-12(9-11)6-8-15-13/h3-5,9H,2,6-8H2,1H3/b10-3-. The Morgan fingerprint density at radius 1 is 1.53 bits per heavy atom. The summed E-state index contributed by atoms with van der Waals surface area (Å²) in [5, 5.41) is 0. The highest BCUT2D eigenvalue weighted by molar-refractivity contribution is 6.17. The Balaban J connectivity index is 2.22. The van der Waals surface area contributed by atoms with Gasteiger partial charge in [-0.15, -0.1) is 11.6 Å². The summed E-state index contributed by atoms with van der Waals surface area (Å²) in [6.45, 7) is 2.95. The Labute approximate surface area is 95.7 Å². The van der Waals surface area contributed by atoms with Crippen LogP contribution in [0.3, 0.4) is 0 Å². The van der Waals surface area contributed by atoms with Gasteiger partial charge in [-0.25, -0.2) is 0 Å². The number of rotatable bonds is 3. The molecule has 1 aromatic carbocycles. The summed E-state index contributed by atoms with van der Waals surface area (Å²) in [6.07, 6.45) is 4.15. The van der Waals surface area contributed by atoms with Gasteiger partial charge in [-0.2, -0.15) is 0 Å². The zero-order valence-electron chi connectivity index (χ0n) is 8.92. The Bertz CT molecular complexity index is 382. The molecule has 0 aliphatic carbocycles. The minimum absolute atomic E-state index is 0.686. The Hall–Kier alpha value is -0.950. The van der Waals surface area contributed by atoms with Gasteiger partial charge in [-0.3, -0.25) is 0 Å². The summed E-state index contributed by atoms with van der Waals surface area (Å²) in [4.78, 5) is 0. The Kier molecular flexibility index (Phi) is 3.32. The predicted molar refractivity (Wildman–Crippen MR) is 64.6 cm³/mol. The minimum Gasteiger partial charge on any atom is -0.493 e. The average Bonchev–Trinajstić information content (AvgIpc) is 2.72. The molecule has 0 spiro atoms. The fraction of sp³-hybridized carbons (Fsp3) is 0.385. The molecule has 0 fully saturated rings. The maximum Gasteiger partial charge on any atom is 0.122 e. The molecule has 1 aromatic rings. The van der Waals surface area contributed by atoms with Crippen molar-refractivity contribution in [2.45, 2.75) is 19.8 Å². The van der Waals surface area contributed by atoms with Crippen LogP contribution in [0.5, 0.6) is 5.75 Å². The van der Waals surface area contributed by atoms with Crippen LogP contribution in [-0.2, 0) is 6.42 Å². The molecule has 0 amide bonds. The van der Waals surface area contributed by atoms with E-state index in [-0.39, 0.29) is 0 Å². The molecule has 1 nitrogen and oxygen atoms in total. The SMILES string of the molecule is C/C(=C/CCCl)c1ccc2c(c1)CCO2. The summed E-state index contributed by atoms with van der Waals surface area (Å²) in [5.74, 6) is 1.73. The van der Waals surface area contributed by atoms with Crippen molar-refractivity contribution in [3.8, 4) is 5.75 Å². The third-order valence-electron chi connectivity index (χ3n) is 2.70. The van der Waals surface area contributed by atoms with Crippen molar-refractivity contribution in [3.05, 3.63) is 35.4 Å². The summed E-state index contributed by atoms with van der Waals surface area (Å²) in [7, 11) is 0. The quantitative estimate of drug-likeness (QED) is 0.710. The van der Waals surface area contributed by atoms with Crippen LogP contribution in [-0.4, -0.2) is 12.5 Å². The first-order valence-electron chi connectivity index (χ1n) is 5.30. The maximum atomic E-state index is 5.66. The lowest BCUT2D eigenvalue weighted by Crippen LogP contribution is -1.85. The van der Waals surface area contributed by atoms with E-state index in [0.29, 0.717) is 5.88 Å². The van der Waals surface area contributed by atoms with Crippen LogP contribution >= 0.6 is 11.6 Å². The molecule has 1 heterocycles. The Morgan fingerprint density at radius 3 is 3.20 bits per heavy atom. The lowest BCUT2D eigenvalue weighted by atomic mass is 10.0. The molecule has 0 atom stereocenters. The van der Waals surface area contributed by atoms with Gasteiger partial charge in [-0.1, -0.05) is 12.1 Å². The van der Waals surface area contributed by atoms with Crippen LogP contribution in [0.15, 0.2) is 24.3 Å². The van der Waals surface area contributed by atoms with E-state index >= 15 is 0 Å². The predicted octanol–water partition coefficient (Wildman–Crippen LogP) is 3.65. The Morgan fingerprint density at radius 2 is 2.40 bits per heavy atom. The summed E-state index contributed by atoms with van der Waals surface area (Å²) >= 11 is 5.66. The van der Waals surface area contributed by atoms with Gasteiger partial charge in [0.25, 0.3) is 0 Å². The molecule has 0 aromatic heterocycles. The first-order valence-corrected chi connectivity index (χ1v) is 5.83. The number of ether oxygens (including phenoxy) is 1. The fourth-order valence-corrected chi connectivity index (χ4v) is 1.93. The van der Waals surface area contributed by atoms with E-state index in [2.05, 4.69) is 31.2 Å². The van der Waals surface area contributed by atoms with E-state index in [0.717, 1.165) is 25.2 Å². The fourth-order valence-electron chi connectivity index (χ4n) is 1.82. The van der Waals surface area contributed by atoms with Gasteiger partial charge in [0.05, 0.1) is 6.61 Å². The normalized spacial score (nSPS) is 14.9. The molecule has 0 bridgehead atoms. The zero-order chi connectivity index (χ0) is 10.7. The number of allylic oxidation sites excluding steroid dienone is 2. The van der Waals surface area contributed by atoms with Gasteiger partial charge in [0.15, 0.2) is 0 Å². The highest BCUT2D eigenvalue weighted by atomic mass is 35.5. The van der Waals surface area contributed by atoms with Crippen LogP contribution in [0.1, 0.15) is 24.5 Å². The molecule has 0 saturated heterocycles. The van der Waals surface area contributed by atoms with Gasteiger partial charge in [0.1, 0.15) is 5.75 Å². The number of hydrogen-bond donors (Lipinski definition) is 0. The van der Waals surface area contributed by atoms with Crippen LogP contribution in [0.4, 0.5) is 0 Å². The van der Waals surface area contributed by atoms with Crippen molar-refractivity contribution in [3.63, 3.8) is 0 Å². The number of alkyl halides is 1. The molecule has 0 radical (unpaired) electrons. The zero-order valence-corrected chi connectivity index (χ0v) is 9.68. The monoisotopic (exact) mass is 222 g/mol. The molecule has 2 rings (SSSR count). The molecule has 0 unspecified atom stereocenters. The van der Waals surface area contributed by atoms with E-state index < -0.39 is 0 Å². The minimum atomic E-state index is 0.686. The topological polar surface area (TPSA) is 9.23 Å². The highest BCUT2D eigenvalue weighted by Gasteiger charge is 2.11. The third kappa shape index (κ3) is 2.35. The van der Waals surface area contributed by atoms with Crippen LogP contribution in [0.25, 0.3) is 5.57 Å². The van der Waals surface area contributed by atoms with E-state index in [4.69, 9.17) is 16.3 Å². The third-order valence-corrected chi connectivity index (χ3v) is 2.92. The lowest BCUT2D eigenvalue weighted by Gasteiger charge is -2.04. The second-order valence-corrected chi connectivity index (χ2v) is 4.16. The van der Waals surface area contributed by atoms with E-state index in [9.17, 15) is 0 Å². The molecule has 0 N–H and O–H groups in total. The molecule has 15 heavy (non-hydrogen) atoms. The second-order valence-electron chi connectivity index (χ2n) is 3.79. The molecular weight excluding hydrogens is 208 g/mol. The van der Waals surface area contributed by atoms with E-state index in [1.807, 2.05) is 0 Å². The maximum absolute atomic E-state index is 5.66. The first kappa shape index (κ1) is 10.6. The molecule has 2 heteroatoms. The van der Waals surface area contributed by atoms with Crippen molar-refractivity contribution in [1.82, 2.24) is 0 Å². The van der Waals surface area contributed by atoms with Gasteiger partial charge in [-0.05, 0) is 42.2 Å². The van der Waals surface area contributed by atoms with Gasteiger partial charge in [0, 0.05) is 12.3 Å². The number of halogens is 1. The molecule has 1 aliphatic heterocycles. The van der Waals surface area contributed by atoms with E-state index in [1.165, 1.54) is 16.7 Å². The summed E-state index contributed by atoms with van der Waals surface area (Å²) < 4.78 is 5.47. The largest absolute Gasteiger partial charge is 0.493 e. The molecule has 0 saturated carbocycles. The van der Waals surface area contributed by atoms with Gasteiger partial charge in [0.2, 0.25) is 0 Å². The number of benzene rings is 1. The van der Waals surface area contributed by atoms with Gasteiger partial charge >= 0.3 is 0 Å². The molecular formula is C13H15ClO. The van der Waals surface area contributed by atoms with Crippen LogP contribution in [0, 0.1) is 0 Å². The van der Waals surface area contributed by atoms with Crippen molar-refractivity contribution in [2.24, 2.45) is 0 Å². The van der Waals surface area contributed by atoms with Gasteiger partial charge < -0.3 is 4.74 Å². The second kappa shape index (κ2) is 4.71. The molecule has 80 valence electrons. The lowest BCUT2D eigenvalue weighted by molar-refractivity contribution is 0.357. The summed E-state index contributed by atoms with van der Waals surface area (Å²) in [5.41, 5.74) is 3.90. The van der Waals surface area contributed by atoms with Crippen molar-refractivity contribution in [2.75, 3.05) is 12.5 Å².